The number of rotatable bonds is 12. The zero-order valence-electron chi connectivity index (χ0n) is 32.4. The summed E-state index contributed by atoms with van der Waals surface area (Å²) in [6.45, 7) is 4.10. The summed E-state index contributed by atoms with van der Waals surface area (Å²) in [6.07, 6.45) is -4.04. The van der Waals surface area contributed by atoms with Crippen LogP contribution in [-0.4, -0.2) is 67.8 Å². The molecule has 14 nitrogen and oxygen atoms in total. The van der Waals surface area contributed by atoms with Crippen LogP contribution in [0, 0.1) is 58.2 Å². The van der Waals surface area contributed by atoms with Crippen LogP contribution in [0.15, 0.2) is 60.7 Å². The van der Waals surface area contributed by atoms with Crippen LogP contribution in [0.5, 0.6) is 23.0 Å². The number of phenolic OH excluding ortho intramolecular Hbond substituents is 1. The molecule has 0 radical (unpaired) electrons. The molecule has 2 heterocycles. The van der Waals surface area contributed by atoms with E-state index >= 15 is 0 Å². The normalized spacial score (nSPS) is 14.8. The van der Waals surface area contributed by atoms with Gasteiger partial charge in [-0.2, -0.15) is 22.6 Å². The van der Waals surface area contributed by atoms with Gasteiger partial charge in [0.25, 0.3) is 0 Å². The molecule has 6 rings (SSSR count). The van der Waals surface area contributed by atoms with Crippen molar-refractivity contribution in [3.63, 3.8) is 0 Å². The number of para-hydroxylation sites is 2. The van der Waals surface area contributed by atoms with Crippen LogP contribution < -0.4 is 24.4 Å². The number of nitrogens with one attached hydrogen (secondary N) is 1. The topological polar surface area (TPSA) is 191 Å². The number of esters is 2. The first kappa shape index (κ1) is 59.2. The summed E-state index contributed by atoms with van der Waals surface area (Å²) in [5, 5.41) is 10.4. The van der Waals surface area contributed by atoms with Gasteiger partial charge in [-0.1, -0.05) is 51.3 Å². The highest BCUT2D eigenvalue weighted by Gasteiger charge is 2.39. The Morgan fingerprint density at radius 1 is 0.621 bits per heavy atom. The molecule has 2 saturated heterocycles. The van der Waals surface area contributed by atoms with Gasteiger partial charge in [-0.25, -0.2) is 35.5 Å². The van der Waals surface area contributed by atoms with Crippen molar-refractivity contribution in [2.45, 2.75) is 53.0 Å². The summed E-state index contributed by atoms with van der Waals surface area (Å²) in [5.74, 6) is -27.6. The number of benzene rings is 4. The molecule has 2 aliphatic rings. The van der Waals surface area contributed by atoms with E-state index in [2.05, 4.69) is 14.1 Å². The molecule has 0 saturated carbocycles. The standard InChI is InChI=1S/C18H15F5NO6P.C6H5Cl2O2P.C6HF5O.C6H11NO3.2CH4/c1-9(18(25)28-11-7-27-8-11)24-31(26,29-10-5-3-2-4-6-10)30-17-15(22)13(20)12(19)14(21)16(17)23;7-11(8,9)10-6-4-2-1-3-5-6;7-1-2(8)4(10)6(12)5(11)3(1)9;1-4(7)6(8)10-5-2-9-3-5;;/h2-6,9,11H,7-8H2,1H3,(H,24,26);1-5H;12H;4-5H,2-3,7H2,1H3;2*1H4/t9-,31?;;;4-;;/m0..0../s1. The summed E-state index contributed by atoms with van der Waals surface area (Å²) < 4.78 is 187. The smallest absolute Gasteiger partial charge is 0.503 e. The SMILES string of the molecule is C.C.C[C@H](N)C(=O)OC1COC1.C[C@H](NP(=O)(Oc1ccccc1)Oc1c(F)c(F)c(F)c(F)c1F)C(=O)OC1COC1.O=P(Cl)(Cl)Oc1ccccc1.Oc1c(F)c(F)c(F)c(F)c1F. The number of halogens is 12. The first-order valence-electron chi connectivity index (χ1n) is 17.5. The summed E-state index contributed by atoms with van der Waals surface area (Å²) in [6, 6.07) is 13.6. The van der Waals surface area contributed by atoms with Crippen LogP contribution in [0.2, 0.25) is 0 Å². The lowest BCUT2D eigenvalue weighted by Crippen LogP contribution is -2.43. The van der Waals surface area contributed by atoms with Gasteiger partial charge in [0, 0.05) is 22.5 Å². The van der Waals surface area contributed by atoms with Crippen LogP contribution in [0.25, 0.3) is 0 Å². The third kappa shape index (κ3) is 17.4. The molecule has 0 bridgehead atoms. The molecule has 4 aromatic carbocycles. The number of carbonyl (C=O) groups excluding carboxylic acids is 2. The third-order valence-corrected chi connectivity index (χ3v) is 9.76. The van der Waals surface area contributed by atoms with Gasteiger partial charge in [-0.15, -0.1) is 0 Å². The Balaban J connectivity index is 0.000000509. The lowest BCUT2D eigenvalue weighted by Gasteiger charge is -2.28. The first-order valence-corrected chi connectivity index (χ1v) is 22.4. The summed E-state index contributed by atoms with van der Waals surface area (Å²) in [4.78, 5) is 22.9. The second-order valence-corrected chi connectivity index (χ2v) is 18.3. The number of phenols is 1. The van der Waals surface area contributed by atoms with Crippen molar-refractivity contribution < 1.29 is 100 Å². The molecule has 3 atom stereocenters. The minimum absolute atomic E-state index is 0. The van der Waals surface area contributed by atoms with Gasteiger partial charge in [0.1, 0.15) is 35.8 Å². The first-order chi connectivity index (χ1) is 29.9. The molecule has 368 valence electrons. The van der Waals surface area contributed by atoms with Crippen LogP contribution in [0.3, 0.4) is 0 Å². The molecule has 0 spiro atoms. The molecule has 2 fully saturated rings. The summed E-state index contributed by atoms with van der Waals surface area (Å²) in [5.41, 5.74) is 5.25. The van der Waals surface area contributed by atoms with Crippen molar-refractivity contribution in [1.82, 2.24) is 5.09 Å². The van der Waals surface area contributed by atoms with E-state index < -0.39 is 108 Å². The second-order valence-electron chi connectivity index (χ2n) is 12.5. The average molecular weight is 1040 g/mol. The maximum atomic E-state index is 14.0. The van der Waals surface area contributed by atoms with Crippen LogP contribution in [-0.2, 0) is 37.7 Å². The third-order valence-electron chi connectivity index (χ3n) is 7.35. The lowest BCUT2D eigenvalue weighted by molar-refractivity contribution is -0.174. The minimum atomic E-state index is -4.93. The minimum Gasteiger partial charge on any atom is -0.503 e. The fraction of sp³-hybridized carbons (Fsp3) is 0.316. The van der Waals surface area contributed by atoms with Crippen molar-refractivity contribution in [3.8, 4) is 23.0 Å². The Morgan fingerprint density at radius 2 is 0.970 bits per heavy atom. The van der Waals surface area contributed by atoms with E-state index in [0.717, 1.165) is 0 Å². The fourth-order valence-corrected chi connectivity index (χ4v) is 6.43. The van der Waals surface area contributed by atoms with Gasteiger partial charge < -0.3 is 43.4 Å². The molecule has 1 unspecified atom stereocenters. The number of hydrogen-bond donors (Lipinski definition) is 3. The van der Waals surface area contributed by atoms with Crippen LogP contribution >= 0.6 is 36.3 Å². The Bertz CT molecular complexity index is 2200. The second kappa shape index (κ2) is 26.5. The van der Waals surface area contributed by atoms with Crippen molar-refractivity contribution in [1.29, 1.82) is 0 Å². The zero-order chi connectivity index (χ0) is 48.1. The van der Waals surface area contributed by atoms with Crippen molar-refractivity contribution >= 4 is 48.2 Å². The molecule has 0 aliphatic carbocycles. The van der Waals surface area contributed by atoms with Gasteiger partial charge in [0.05, 0.1) is 26.4 Å². The quantitative estimate of drug-likeness (QED) is 0.0399. The van der Waals surface area contributed by atoms with E-state index in [9.17, 15) is 62.6 Å². The number of nitrogens with two attached hydrogens (primary N) is 1. The Morgan fingerprint density at radius 3 is 1.32 bits per heavy atom. The van der Waals surface area contributed by atoms with Crippen molar-refractivity contribution in [3.05, 3.63) is 119 Å². The monoisotopic (exact) mass is 1040 g/mol. The summed E-state index contributed by atoms with van der Waals surface area (Å²) >= 11 is 10.3. The molecule has 4 N–H and O–H groups in total. The lowest BCUT2D eigenvalue weighted by atomic mass is 10.3. The number of hydrogen-bond acceptors (Lipinski definition) is 13. The highest BCUT2D eigenvalue weighted by atomic mass is 35.9. The van der Waals surface area contributed by atoms with Crippen molar-refractivity contribution in [2.75, 3.05) is 26.4 Å². The molecule has 66 heavy (non-hydrogen) atoms. The molecule has 0 aromatic heterocycles. The molecular weight excluding hydrogens is 999 g/mol. The van der Waals surface area contributed by atoms with Gasteiger partial charge in [-0.05, 0) is 38.1 Å². The van der Waals surface area contributed by atoms with E-state index in [1.807, 2.05) is 0 Å². The van der Waals surface area contributed by atoms with Gasteiger partial charge in [0.15, 0.2) is 5.75 Å². The maximum absolute atomic E-state index is 14.0. The zero-order valence-corrected chi connectivity index (χ0v) is 35.7. The maximum Gasteiger partial charge on any atom is 0.513 e. The van der Waals surface area contributed by atoms with E-state index in [4.69, 9.17) is 56.8 Å². The average Bonchev–Trinajstić information content (AvgIpc) is 3.22. The molecule has 4 aromatic rings. The largest absolute Gasteiger partial charge is 0.513 e. The number of carbonyl (C=O) groups is 2. The Kier molecular flexibility index (Phi) is 23.8. The Hall–Kier alpha value is -4.80. The van der Waals surface area contributed by atoms with Gasteiger partial charge >= 0.3 is 25.8 Å². The Labute approximate surface area is 379 Å². The number of aromatic hydroxyl groups is 1. The predicted octanol–water partition coefficient (Wildman–Crippen LogP) is 10.2. The van der Waals surface area contributed by atoms with Crippen LogP contribution in [0.4, 0.5) is 43.9 Å². The molecular formula is C38H40Cl2F10N2O12P2. The van der Waals surface area contributed by atoms with E-state index in [1.165, 1.54) is 31.2 Å². The molecule has 2 aliphatic heterocycles. The van der Waals surface area contributed by atoms with Gasteiger partial charge in [-0.3, -0.25) is 9.59 Å². The summed E-state index contributed by atoms with van der Waals surface area (Å²) in [7, 11) is -4.93. The number of ether oxygens (including phenoxy) is 4. The van der Waals surface area contributed by atoms with Crippen LogP contribution in [0.1, 0.15) is 28.7 Å². The van der Waals surface area contributed by atoms with Crippen molar-refractivity contribution in [2.24, 2.45) is 5.73 Å². The fourth-order valence-electron chi connectivity index (χ4n) is 4.07. The van der Waals surface area contributed by atoms with Gasteiger partial charge in [0.2, 0.25) is 63.9 Å². The predicted molar refractivity (Wildman–Crippen MR) is 217 cm³/mol. The highest BCUT2D eigenvalue weighted by molar-refractivity contribution is 8.05. The highest BCUT2D eigenvalue weighted by Crippen LogP contribution is 2.57. The molecule has 28 heteroatoms. The van der Waals surface area contributed by atoms with E-state index in [1.54, 1.807) is 43.3 Å². The molecule has 0 amide bonds. The van der Waals surface area contributed by atoms with E-state index in [0.29, 0.717) is 19.0 Å². The van der Waals surface area contributed by atoms with E-state index in [-0.39, 0.29) is 45.9 Å².